The number of H-pyrrole nitrogens is 1. The zero-order valence-electron chi connectivity index (χ0n) is 18.2. The molecule has 2 aromatic rings. The van der Waals surface area contributed by atoms with E-state index >= 15 is 0 Å². The van der Waals surface area contributed by atoms with Crippen molar-refractivity contribution < 1.29 is 4.79 Å². The van der Waals surface area contributed by atoms with Crippen LogP contribution in [0.3, 0.4) is 0 Å². The second-order valence-corrected chi connectivity index (χ2v) is 8.72. The first kappa shape index (κ1) is 20.8. The van der Waals surface area contributed by atoms with Gasteiger partial charge in [0.05, 0.1) is 17.5 Å². The normalized spacial score (nSPS) is 19.0. The van der Waals surface area contributed by atoms with Crippen LogP contribution in [0.15, 0.2) is 24.5 Å². The fourth-order valence-electron chi connectivity index (χ4n) is 5.01. The number of pyridine rings is 1. The van der Waals surface area contributed by atoms with Gasteiger partial charge in [-0.3, -0.25) is 14.8 Å². The fraction of sp³-hybridized carbons (Fsp3) is 0.609. The number of nitrogens with zero attached hydrogens (tertiary/aromatic N) is 4. The predicted molar refractivity (Wildman–Crippen MR) is 119 cm³/mol. The Kier molecular flexibility index (Phi) is 6.67. The van der Waals surface area contributed by atoms with Crippen molar-refractivity contribution in [2.45, 2.75) is 63.5 Å². The van der Waals surface area contributed by atoms with Crippen molar-refractivity contribution in [2.24, 2.45) is 0 Å². The van der Waals surface area contributed by atoms with Gasteiger partial charge in [-0.1, -0.05) is 25.3 Å². The lowest BCUT2D eigenvalue weighted by atomic mass is 9.90. The summed E-state index contributed by atoms with van der Waals surface area (Å²) in [5, 5.41) is 10.6. The van der Waals surface area contributed by atoms with Crippen LogP contribution < -0.4 is 5.32 Å². The molecule has 1 amide bonds. The molecule has 0 spiro atoms. The van der Waals surface area contributed by atoms with Crippen molar-refractivity contribution in [1.29, 1.82) is 0 Å². The summed E-state index contributed by atoms with van der Waals surface area (Å²) < 4.78 is 0. The average molecular weight is 411 g/mol. The lowest BCUT2D eigenvalue weighted by Crippen LogP contribution is -2.39. The number of aromatic amines is 1. The van der Waals surface area contributed by atoms with E-state index in [0.717, 1.165) is 62.4 Å². The van der Waals surface area contributed by atoms with E-state index < -0.39 is 0 Å². The van der Waals surface area contributed by atoms with Crippen molar-refractivity contribution in [3.63, 3.8) is 0 Å². The summed E-state index contributed by atoms with van der Waals surface area (Å²) >= 11 is 0. The Bertz CT molecular complexity index is 836. The Labute approximate surface area is 179 Å². The number of aromatic nitrogens is 3. The minimum Gasteiger partial charge on any atom is -0.373 e. The van der Waals surface area contributed by atoms with Gasteiger partial charge in [0.1, 0.15) is 5.82 Å². The number of carbonyl (C=O) groups is 1. The van der Waals surface area contributed by atoms with Gasteiger partial charge >= 0.3 is 0 Å². The van der Waals surface area contributed by atoms with Crippen molar-refractivity contribution in [3.8, 4) is 0 Å². The van der Waals surface area contributed by atoms with Crippen molar-refractivity contribution >= 4 is 11.7 Å². The third kappa shape index (κ3) is 4.51. The van der Waals surface area contributed by atoms with Gasteiger partial charge in [0.25, 0.3) is 5.91 Å². The first-order chi connectivity index (χ1) is 14.7. The van der Waals surface area contributed by atoms with E-state index in [9.17, 15) is 4.79 Å². The van der Waals surface area contributed by atoms with E-state index in [2.05, 4.69) is 31.5 Å². The van der Waals surface area contributed by atoms with Crippen molar-refractivity contribution in [3.05, 3.63) is 41.3 Å². The van der Waals surface area contributed by atoms with Crippen LogP contribution in [-0.4, -0.2) is 64.1 Å². The van der Waals surface area contributed by atoms with Crippen LogP contribution in [0.1, 0.15) is 72.5 Å². The van der Waals surface area contributed by atoms with Crippen LogP contribution in [0.5, 0.6) is 0 Å². The molecule has 1 aliphatic carbocycles. The Balaban J connectivity index is 1.37. The van der Waals surface area contributed by atoms with Gasteiger partial charge in [-0.15, -0.1) is 0 Å². The summed E-state index contributed by atoms with van der Waals surface area (Å²) in [7, 11) is 3.88. The minimum absolute atomic E-state index is 0.127. The van der Waals surface area contributed by atoms with E-state index in [1.807, 2.05) is 31.3 Å². The number of hydrogen-bond acceptors (Lipinski definition) is 5. The Hall–Kier alpha value is -2.41. The molecule has 30 heavy (non-hydrogen) atoms. The summed E-state index contributed by atoms with van der Waals surface area (Å²) in [5.74, 6) is 1.44. The molecule has 4 rings (SSSR count). The summed E-state index contributed by atoms with van der Waals surface area (Å²) in [6, 6.07) is 4.50. The smallest absolute Gasteiger partial charge is 0.257 e. The molecule has 7 heteroatoms. The van der Waals surface area contributed by atoms with Crippen LogP contribution in [0.2, 0.25) is 0 Å². The zero-order chi connectivity index (χ0) is 20.9. The quantitative estimate of drug-likeness (QED) is 0.760. The molecule has 0 radical (unpaired) electrons. The first-order valence-corrected chi connectivity index (χ1v) is 11.3. The third-order valence-corrected chi connectivity index (χ3v) is 6.86. The maximum atomic E-state index is 13.2. The number of amides is 1. The van der Waals surface area contributed by atoms with Gasteiger partial charge < -0.3 is 10.2 Å². The molecular formula is C23H34N6O. The SMILES string of the molecule is CNc1ncccc1CN1CCC(c2[nH]ncc2C(=O)N(C)C2CCCCC2)CC1. The van der Waals surface area contributed by atoms with E-state index in [1.165, 1.54) is 24.8 Å². The molecule has 0 atom stereocenters. The molecule has 162 valence electrons. The second-order valence-electron chi connectivity index (χ2n) is 8.72. The molecule has 1 saturated heterocycles. The highest BCUT2D eigenvalue weighted by Crippen LogP contribution is 2.31. The molecule has 2 aromatic heterocycles. The molecular weight excluding hydrogens is 376 g/mol. The topological polar surface area (TPSA) is 77.1 Å². The van der Waals surface area contributed by atoms with Gasteiger partial charge in [0, 0.05) is 44.4 Å². The van der Waals surface area contributed by atoms with E-state index in [0.29, 0.717) is 12.0 Å². The van der Waals surface area contributed by atoms with E-state index in [1.54, 1.807) is 6.20 Å². The highest BCUT2D eigenvalue weighted by atomic mass is 16.2. The lowest BCUT2D eigenvalue weighted by molar-refractivity contribution is 0.0694. The average Bonchev–Trinajstić information content (AvgIpc) is 3.29. The Morgan fingerprint density at radius 2 is 2.00 bits per heavy atom. The van der Waals surface area contributed by atoms with Gasteiger partial charge in [0.15, 0.2) is 0 Å². The molecule has 2 aliphatic rings. The third-order valence-electron chi connectivity index (χ3n) is 6.86. The second kappa shape index (κ2) is 9.60. The van der Waals surface area contributed by atoms with Gasteiger partial charge in [0.2, 0.25) is 0 Å². The number of nitrogens with one attached hydrogen (secondary N) is 2. The van der Waals surface area contributed by atoms with Crippen LogP contribution in [0.4, 0.5) is 5.82 Å². The highest BCUT2D eigenvalue weighted by Gasteiger charge is 2.30. The monoisotopic (exact) mass is 410 g/mol. The Morgan fingerprint density at radius 1 is 1.23 bits per heavy atom. The van der Waals surface area contributed by atoms with Gasteiger partial charge in [-0.2, -0.15) is 5.10 Å². The van der Waals surface area contributed by atoms with Crippen molar-refractivity contribution in [1.82, 2.24) is 25.0 Å². The number of hydrogen-bond donors (Lipinski definition) is 2. The number of rotatable bonds is 6. The fourth-order valence-corrected chi connectivity index (χ4v) is 5.01. The predicted octanol–water partition coefficient (Wildman–Crippen LogP) is 3.63. The van der Waals surface area contributed by atoms with E-state index in [4.69, 9.17) is 0 Å². The van der Waals surface area contributed by atoms with Crippen LogP contribution in [-0.2, 0) is 6.54 Å². The molecule has 3 heterocycles. The van der Waals surface area contributed by atoms with Crippen LogP contribution in [0, 0.1) is 0 Å². The highest BCUT2D eigenvalue weighted by molar-refractivity contribution is 5.95. The number of carbonyl (C=O) groups excluding carboxylic acids is 1. The Morgan fingerprint density at radius 3 is 2.73 bits per heavy atom. The molecule has 7 nitrogen and oxygen atoms in total. The number of likely N-dealkylation sites (tertiary alicyclic amines) is 1. The number of anilines is 1. The molecule has 0 bridgehead atoms. The number of piperidine rings is 1. The summed E-state index contributed by atoms with van der Waals surface area (Å²) in [6.07, 6.45) is 11.6. The zero-order valence-corrected chi connectivity index (χ0v) is 18.2. The molecule has 2 fully saturated rings. The maximum Gasteiger partial charge on any atom is 0.257 e. The summed E-state index contributed by atoms with van der Waals surface area (Å²) in [6.45, 7) is 2.91. The van der Waals surface area contributed by atoms with Gasteiger partial charge in [-0.25, -0.2) is 4.98 Å². The first-order valence-electron chi connectivity index (χ1n) is 11.3. The van der Waals surface area contributed by atoms with Crippen LogP contribution in [0.25, 0.3) is 0 Å². The minimum atomic E-state index is 0.127. The molecule has 1 saturated carbocycles. The summed E-state index contributed by atoms with van der Waals surface area (Å²) in [5.41, 5.74) is 3.02. The van der Waals surface area contributed by atoms with Gasteiger partial charge in [-0.05, 0) is 44.8 Å². The lowest BCUT2D eigenvalue weighted by Gasteiger charge is -2.33. The standard InChI is InChI=1S/C23H34N6O/c1-24-22-18(7-6-12-25-22)16-29-13-10-17(11-14-29)21-20(15-26-27-21)23(30)28(2)19-8-4-3-5-9-19/h6-7,12,15,17,19H,3-5,8-11,13-14,16H2,1-2H3,(H,24,25)(H,26,27). The molecule has 2 N–H and O–H groups in total. The summed E-state index contributed by atoms with van der Waals surface area (Å²) in [4.78, 5) is 22.0. The largest absolute Gasteiger partial charge is 0.373 e. The maximum absolute atomic E-state index is 13.2. The van der Waals surface area contributed by atoms with Crippen LogP contribution >= 0.6 is 0 Å². The molecule has 0 aromatic carbocycles. The van der Waals surface area contributed by atoms with Crippen molar-refractivity contribution in [2.75, 3.05) is 32.5 Å². The molecule has 1 aliphatic heterocycles. The van der Waals surface area contributed by atoms with E-state index in [-0.39, 0.29) is 5.91 Å². The molecule has 0 unspecified atom stereocenters.